The highest BCUT2D eigenvalue weighted by Gasteiger charge is 2.04. The second-order valence-corrected chi connectivity index (χ2v) is 4.98. The summed E-state index contributed by atoms with van der Waals surface area (Å²) < 4.78 is 26.6. The Balaban J connectivity index is 2.64. The van der Waals surface area contributed by atoms with Gasteiger partial charge in [0.05, 0.1) is 12.4 Å². The Morgan fingerprint density at radius 1 is 1.20 bits per heavy atom. The summed E-state index contributed by atoms with van der Waals surface area (Å²) in [6.45, 7) is 0.661. The van der Waals surface area contributed by atoms with E-state index in [2.05, 4.69) is 0 Å². The fourth-order valence-electron chi connectivity index (χ4n) is 1.25. The largest absolute Gasteiger partial charge is 0.384 e. The van der Waals surface area contributed by atoms with E-state index in [9.17, 15) is 8.42 Å². The average molecular weight is 229 g/mol. The minimum absolute atomic E-state index is 0.114. The van der Waals surface area contributed by atoms with Crippen molar-refractivity contribution in [3.8, 4) is 0 Å². The molecule has 0 aliphatic rings. The molecule has 15 heavy (non-hydrogen) atoms. The summed E-state index contributed by atoms with van der Waals surface area (Å²) in [5, 5.41) is 4.94. The Bertz CT molecular complexity index is 397. The Labute approximate surface area is 90.1 Å². The molecule has 1 aromatic rings. The maximum Gasteiger partial charge on any atom is 0.213 e. The van der Waals surface area contributed by atoms with Gasteiger partial charge in [0, 0.05) is 7.11 Å². The van der Waals surface area contributed by atoms with Gasteiger partial charge in [-0.1, -0.05) is 24.3 Å². The lowest BCUT2D eigenvalue weighted by Gasteiger charge is -2.02. The van der Waals surface area contributed by atoms with Gasteiger partial charge in [0.25, 0.3) is 0 Å². The van der Waals surface area contributed by atoms with Crippen LogP contribution in [-0.4, -0.2) is 22.1 Å². The molecule has 0 atom stereocenters. The summed E-state index contributed by atoms with van der Waals surface area (Å²) in [6.07, 6.45) is 0.826. The minimum atomic E-state index is -3.43. The number of ether oxygens (including phenoxy) is 1. The normalized spacial score (nSPS) is 11.6. The quantitative estimate of drug-likeness (QED) is 0.806. The molecule has 0 spiro atoms. The molecule has 0 unspecified atom stereocenters. The summed E-state index contributed by atoms with van der Waals surface area (Å²) in [4.78, 5) is 0. The van der Waals surface area contributed by atoms with Crippen LogP contribution in [0.5, 0.6) is 0 Å². The van der Waals surface area contributed by atoms with E-state index < -0.39 is 10.0 Å². The van der Waals surface area contributed by atoms with Crippen LogP contribution in [0.15, 0.2) is 24.3 Å². The van der Waals surface area contributed by atoms with Gasteiger partial charge in [-0.15, -0.1) is 0 Å². The van der Waals surface area contributed by atoms with Crippen molar-refractivity contribution in [1.29, 1.82) is 0 Å². The number of hydrogen-bond acceptors (Lipinski definition) is 3. The first-order valence-corrected chi connectivity index (χ1v) is 6.30. The van der Waals surface area contributed by atoms with Gasteiger partial charge < -0.3 is 4.74 Å². The van der Waals surface area contributed by atoms with Gasteiger partial charge in [-0.2, -0.15) is 0 Å². The number of sulfonamides is 1. The molecule has 0 bridgehead atoms. The van der Waals surface area contributed by atoms with E-state index in [-0.39, 0.29) is 5.75 Å². The first kappa shape index (κ1) is 12.2. The first-order chi connectivity index (χ1) is 7.01. The molecule has 0 radical (unpaired) electrons. The van der Waals surface area contributed by atoms with Crippen molar-refractivity contribution in [2.24, 2.45) is 5.14 Å². The molecule has 0 heterocycles. The highest BCUT2D eigenvalue weighted by molar-refractivity contribution is 7.88. The van der Waals surface area contributed by atoms with Crippen LogP contribution < -0.4 is 5.14 Å². The third kappa shape index (κ3) is 4.92. The van der Waals surface area contributed by atoms with Gasteiger partial charge in [0.2, 0.25) is 10.0 Å². The third-order valence-corrected chi connectivity index (χ3v) is 2.72. The van der Waals surface area contributed by atoms with Crippen molar-refractivity contribution in [3.63, 3.8) is 0 Å². The van der Waals surface area contributed by atoms with Crippen LogP contribution in [0.1, 0.15) is 11.1 Å². The number of nitrogens with two attached hydrogens (primary N) is 1. The number of hydrogen-bond donors (Lipinski definition) is 1. The summed E-state index contributed by atoms with van der Waals surface area (Å²) in [5.74, 6) is -0.114. The van der Waals surface area contributed by atoms with Crippen molar-refractivity contribution >= 4 is 10.0 Å². The topological polar surface area (TPSA) is 69.4 Å². The third-order valence-electron chi connectivity index (χ3n) is 1.99. The molecule has 0 saturated heterocycles. The van der Waals surface area contributed by atoms with E-state index in [1.165, 1.54) is 0 Å². The average Bonchev–Trinajstić information content (AvgIpc) is 2.14. The molecule has 0 aliphatic heterocycles. The fourth-order valence-corrected chi connectivity index (χ4v) is 1.91. The smallest absolute Gasteiger partial charge is 0.213 e. The summed E-state index contributed by atoms with van der Waals surface area (Å²) in [7, 11) is -1.78. The first-order valence-electron chi connectivity index (χ1n) is 4.58. The standard InChI is InChI=1S/C10H15NO3S/c1-14-7-6-9-2-4-10(5-3-9)8-15(11,12)13/h2-5H,6-8H2,1H3,(H2,11,12,13). The van der Waals surface area contributed by atoms with Crippen LogP contribution >= 0.6 is 0 Å². The van der Waals surface area contributed by atoms with E-state index in [1.807, 2.05) is 12.1 Å². The molecule has 0 amide bonds. The Morgan fingerprint density at radius 2 is 1.73 bits per heavy atom. The SMILES string of the molecule is COCCc1ccc(CS(N)(=O)=O)cc1. The van der Waals surface area contributed by atoms with Crippen LogP contribution in [0.2, 0.25) is 0 Å². The zero-order chi connectivity index (χ0) is 11.3. The van der Waals surface area contributed by atoms with Gasteiger partial charge in [0.1, 0.15) is 0 Å². The Kier molecular flexibility index (Phi) is 4.26. The number of benzene rings is 1. The lowest BCUT2D eigenvalue weighted by molar-refractivity contribution is 0.202. The van der Waals surface area contributed by atoms with E-state index in [0.29, 0.717) is 12.2 Å². The summed E-state index contributed by atoms with van der Waals surface area (Å²) in [6, 6.07) is 7.32. The molecule has 4 nitrogen and oxygen atoms in total. The lowest BCUT2D eigenvalue weighted by atomic mass is 10.1. The molecule has 0 saturated carbocycles. The molecule has 84 valence electrons. The molecule has 2 N–H and O–H groups in total. The molecule has 0 aliphatic carbocycles. The zero-order valence-corrected chi connectivity index (χ0v) is 9.46. The highest BCUT2D eigenvalue weighted by Crippen LogP contribution is 2.07. The van der Waals surface area contributed by atoms with Crippen molar-refractivity contribution < 1.29 is 13.2 Å². The number of methoxy groups -OCH3 is 1. The minimum Gasteiger partial charge on any atom is -0.384 e. The Morgan fingerprint density at radius 3 is 2.20 bits per heavy atom. The Hall–Kier alpha value is -0.910. The van der Waals surface area contributed by atoms with Crippen LogP contribution in [0.3, 0.4) is 0 Å². The lowest BCUT2D eigenvalue weighted by Crippen LogP contribution is -2.14. The van der Waals surface area contributed by atoms with Crippen LogP contribution in [-0.2, 0) is 26.9 Å². The number of rotatable bonds is 5. The van der Waals surface area contributed by atoms with Gasteiger partial charge >= 0.3 is 0 Å². The predicted molar refractivity (Wildman–Crippen MR) is 58.8 cm³/mol. The van der Waals surface area contributed by atoms with E-state index >= 15 is 0 Å². The van der Waals surface area contributed by atoms with Crippen molar-refractivity contribution in [2.45, 2.75) is 12.2 Å². The van der Waals surface area contributed by atoms with Crippen molar-refractivity contribution in [2.75, 3.05) is 13.7 Å². The predicted octanol–water partition coefficient (Wildman–Crippen LogP) is 0.664. The van der Waals surface area contributed by atoms with Crippen LogP contribution in [0.25, 0.3) is 0 Å². The highest BCUT2D eigenvalue weighted by atomic mass is 32.2. The van der Waals surface area contributed by atoms with Gasteiger partial charge in [-0.05, 0) is 17.5 Å². The monoisotopic (exact) mass is 229 g/mol. The molecule has 5 heteroatoms. The van der Waals surface area contributed by atoms with E-state index in [1.54, 1.807) is 19.2 Å². The second-order valence-electron chi connectivity index (χ2n) is 3.37. The second kappa shape index (κ2) is 5.25. The molecule has 0 aromatic heterocycles. The summed E-state index contributed by atoms with van der Waals surface area (Å²) in [5.41, 5.74) is 1.83. The molecule has 0 fully saturated rings. The maximum absolute atomic E-state index is 10.8. The zero-order valence-electron chi connectivity index (χ0n) is 8.64. The van der Waals surface area contributed by atoms with Crippen molar-refractivity contribution in [1.82, 2.24) is 0 Å². The maximum atomic E-state index is 10.8. The number of primary sulfonamides is 1. The van der Waals surface area contributed by atoms with E-state index in [4.69, 9.17) is 9.88 Å². The fraction of sp³-hybridized carbons (Fsp3) is 0.400. The van der Waals surface area contributed by atoms with Crippen LogP contribution in [0.4, 0.5) is 0 Å². The van der Waals surface area contributed by atoms with Crippen LogP contribution in [0, 0.1) is 0 Å². The molecular weight excluding hydrogens is 214 g/mol. The molecular formula is C10H15NO3S. The summed E-state index contributed by atoms with van der Waals surface area (Å²) >= 11 is 0. The van der Waals surface area contributed by atoms with Gasteiger partial charge in [0.15, 0.2) is 0 Å². The van der Waals surface area contributed by atoms with Gasteiger partial charge in [-0.3, -0.25) is 0 Å². The van der Waals surface area contributed by atoms with Crippen molar-refractivity contribution in [3.05, 3.63) is 35.4 Å². The van der Waals surface area contributed by atoms with Gasteiger partial charge in [-0.25, -0.2) is 13.6 Å². The van der Waals surface area contributed by atoms with E-state index in [0.717, 1.165) is 12.0 Å². The molecule has 1 aromatic carbocycles. The molecule has 1 rings (SSSR count).